The Hall–Kier alpha value is -1.73. The lowest BCUT2D eigenvalue weighted by Gasteiger charge is -2.12. The van der Waals surface area contributed by atoms with Gasteiger partial charge in [0.25, 0.3) is 0 Å². The van der Waals surface area contributed by atoms with Gasteiger partial charge in [-0.1, -0.05) is 0 Å². The zero-order valence-corrected chi connectivity index (χ0v) is 10.8. The van der Waals surface area contributed by atoms with Crippen LogP contribution in [0.5, 0.6) is 5.75 Å². The first kappa shape index (κ1) is 16.3. The van der Waals surface area contributed by atoms with Crippen molar-refractivity contribution in [3.63, 3.8) is 0 Å². The van der Waals surface area contributed by atoms with Crippen molar-refractivity contribution < 1.29 is 33.3 Å². The molecule has 0 amide bonds. The number of aliphatic carboxylic acids is 1. The molecule has 0 bridgehead atoms. The number of benzene rings is 1. The van der Waals surface area contributed by atoms with Gasteiger partial charge >= 0.3 is 12.6 Å². The zero-order chi connectivity index (χ0) is 15.3. The molecule has 0 aliphatic carbocycles. The number of alkyl halides is 3. The summed E-state index contributed by atoms with van der Waals surface area (Å²) in [7, 11) is 0. The summed E-state index contributed by atoms with van der Waals surface area (Å²) in [4.78, 5) is 22.4. The fourth-order valence-corrected chi connectivity index (χ4v) is 1.66. The van der Waals surface area contributed by atoms with Gasteiger partial charge in [0.15, 0.2) is 11.9 Å². The summed E-state index contributed by atoms with van der Waals surface area (Å²) in [6.07, 6.45) is -2.00. The smallest absolute Gasteiger partial charge is 0.387 e. The van der Waals surface area contributed by atoms with E-state index >= 15 is 0 Å². The number of hydrogen-bond acceptors (Lipinski definition) is 4. The topological polar surface area (TPSA) is 83.8 Å². The molecule has 1 aromatic rings. The van der Waals surface area contributed by atoms with Crippen LogP contribution in [-0.2, 0) is 4.79 Å². The van der Waals surface area contributed by atoms with Gasteiger partial charge in [-0.25, -0.2) is 4.79 Å². The zero-order valence-electron chi connectivity index (χ0n) is 10.1. The Labute approximate surface area is 117 Å². The van der Waals surface area contributed by atoms with E-state index in [4.69, 9.17) is 16.7 Å². The molecule has 0 saturated heterocycles. The summed E-state index contributed by atoms with van der Waals surface area (Å²) in [5.74, 6) is -2.43. The fourth-order valence-electron chi connectivity index (χ4n) is 1.48. The molecule has 0 saturated carbocycles. The standard InChI is InChI=1S/C12H11ClF2O5/c13-2-1-9(16)6-3-7(10(17)11(18)19)5-8(4-6)20-12(14)15/h3-5,10,12,17H,1-2H2,(H,18,19). The minimum absolute atomic E-state index is 0.0234. The van der Waals surface area contributed by atoms with Crippen molar-refractivity contribution >= 4 is 23.4 Å². The van der Waals surface area contributed by atoms with Crippen LogP contribution in [0.3, 0.4) is 0 Å². The van der Waals surface area contributed by atoms with E-state index in [2.05, 4.69) is 4.74 Å². The van der Waals surface area contributed by atoms with Crippen LogP contribution in [0.25, 0.3) is 0 Å². The first-order chi connectivity index (χ1) is 9.35. The van der Waals surface area contributed by atoms with Crippen LogP contribution in [0, 0.1) is 0 Å². The van der Waals surface area contributed by atoms with Gasteiger partial charge in [-0.2, -0.15) is 8.78 Å². The molecule has 0 aromatic heterocycles. The number of ketones is 1. The van der Waals surface area contributed by atoms with Gasteiger partial charge in [0.1, 0.15) is 5.75 Å². The van der Waals surface area contributed by atoms with E-state index in [1.165, 1.54) is 0 Å². The van der Waals surface area contributed by atoms with Gasteiger partial charge in [-0.3, -0.25) is 4.79 Å². The molecule has 1 aromatic carbocycles. The Morgan fingerprint density at radius 1 is 1.30 bits per heavy atom. The van der Waals surface area contributed by atoms with Gasteiger partial charge in [0.2, 0.25) is 0 Å². The highest BCUT2D eigenvalue weighted by molar-refractivity contribution is 6.19. The number of rotatable bonds is 7. The Morgan fingerprint density at radius 2 is 1.95 bits per heavy atom. The van der Waals surface area contributed by atoms with Crippen molar-refractivity contribution in [3.8, 4) is 5.75 Å². The van der Waals surface area contributed by atoms with Gasteiger partial charge < -0.3 is 14.9 Å². The summed E-state index contributed by atoms with van der Waals surface area (Å²) in [5.41, 5.74) is -0.285. The molecular formula is C12H11ClF2O5. The lowest BCUT2D eigenvalue weighted by molar-refractivity contribution is -0.146. The Kier molecular flexibility index (Phi) is 5.84. The maximum Gasteiger partial charge on any atom is 0.387 e. The number of aliphatic hydroxyl groups excluding tert-OH is 1. The van der Waals surface area contributed by atoms with Crippen LogP contribution < -0.4 is 4.74 Å². The molecule has 1 atom stereocenters. The lowest BCUT2D eigenvalue weighted by Crippen LogP contribution is -2.13. The highest BCUT2D eigenvalue weighted by Crippen LogP contribution is 2.24. The van der Waals surface area contributed by atoms with E-state index < -0.39 is 30.2 Å². The first-order valence-electron chi connectivity index (χ1n) is 5.45. The molecule has 1 rings (SSSR count). The highest BCUT2D eigenvalue weighted by Gasteiger charge is 2.20. The number of aliphatic hydroxyl groups is 1. The molecule has 20 heavy (non-hydrogen) atoms. The minimum Gasteiger partial charge on any atom is -0.479 e. The quantitative estimate of drug-likeness (QED) is 0.596. The van der Waals surface area contributed by atoms with Crippen LogP contribution in [0.4, 0.5) is 8.78 Å². The summed E-state index contributed by atoms with van der Waals surface area (Å²) >= 11 is 5.41. The normalized spacial score (nSPS) is 12.2. The summed E-state index contributed by atoms with van der Waals surface area (Å²) in [6, 6.07) is 3.08. The van der Waals surface area contributed by atoms with E-state index in [0.29, 0.717) is 0 Å². The summed E-state index contributed by atoms with van der Waals surface area (Å²) in [6.45, 7) is -3.14. The molecule has 110 valence electrons. The van der Waals surface area contributed by atoms with Gasteiger partial charge in [-0.05, 0) is 23.8 Å². The van der Waals surface area contributed by atoms with Crippen molar-refractivity contribution in [1.29, 1.82) is 0 Å². The molecule has 0 heterocycles. The third-order valence-electron chi connectivity index (χ3n) is 2.35. The van der Waals surface area contributed by atoms with Crippen molar-refractivity contribution in [2.45, 2.75) is 19.1 Å². The second-order valence-electron chi connectivity index (χ2n) is 3.77. The molecule has 0 radical (unpaired) electrons. The Balaban J connectivity index is 3.20. The summed E-state index contributed by atoms with van der Waals surface area (Å²) in [5, 5.41) is 18.1. The maximum absolute atomic E-state index is 12.2. The molecule has 0 fully saturated rings. The molecule has 0 aliphatic rings. The average Bonchev–Trinajstić information content (AvgIpc) is 2.36. The number of hydrogen-bond donors (Lipinski definition) is 2. The number of Topliss-reactive ketones (excluding diaryl/α,β-unsaturated/α-hetero) is 1. The molecule has 8 heteroatoms. The second-order valence-corrected chi connectivity index (χ2v) is 4.15. The Bertz CT molecular complexity index is 507. The minimum atomic E-state index is -3.14. The van der Waals surface area contributed by atoms with Gasteiger partial charge in [0, 0.05) is 17.9 Å². The largest absolute Gasteiger partial charge is 0.479 e. The fraction of sp³-hybridized carbons (Fsp3) is 0.333. The van der Waals surface area contributed by atoms with Crippen molar-refractivity contribution in [2.75, 3.05) is 5.88 Å². The number of carbonyl (C=O) groups excluding carboxylic acids is 1. The van der Waals surface area contributed by atoms with Crippen molar-refractivity contribution in [3.05, 3.63) is 29.3 Å². The molecule has 5 nitrogen and oxygen atoms in total. The molecule has 1 unspecified atom stereocenters. The van der Waals surface area contributed by atoms with Gasteiger partial charge in [-0.15, -0.1) is 11.6 Å². The van der Waals surface area contributed by atoms with Crippen LogP contribution in [0.15, 0.2) is 18.2 Å². The van der Waals surface area contributed by atoms with E-state index in [-0.39, 0.29) is 23.4 Å². The van der Waals surface area contributed by atoms with Crippen molar-refractivity contribution in [2.24, 2.45) is 0 Å². The monoisotopic (exact) mass is 308 g/mol. The van der Waals surface area contributed by atoms with E-state index in [0.717, 1.165) is 18.2 Å². The number of ether oxygens (including phenoxy) is 1. The second kappa shape index (κ2) is 7.16. The number of carboxylic acid groups (broad SMARTS) is 1. The number of halogens is 3. The third-order valence-corrected chi connectivity index (χ3v) is 2.54. The Morgan fingerprint density at radius 3 is 2.45 bits per heavy atom. The molecule has 0 spiro atoms. The lowest BCUT2D eigenvalue weighted by atomic mass is 10.0. The van der Waals surface area contributed by atoms with Crippen molar-refractivity contribution in [1.82, 2.24) is 0 Å². The van der Waals surface area contributed by atoms with Crippen LogP contribution in [0.2, 0.25) is 0 Å². The van der Waals surface area contributed by atoms with E-state index in [9.17, 15) is 23.5 Å². The van der Waals surface area contributed by atoms with Crippen LogP contribution in [-0.4, -0.2) is 34.5 Å². The molecule has 0 aliphatic heterocycles. The van der Waals surface area contributed by atoms with Crippen LogP contribution in [0.1, 0.15) is 28.4 Å². The average molecular weight is 309 g/mol. The highest BCUT2D eigenvalue weighted by atomic mass is 35.5. The van der Waals surface area contributed by atoms with Crippen LogP contribution >= 0.6 is 11.6 Å². The SMILES string of the molecule is O=C(CCCl)c1cc(OC(F)F)cc(C(O)C(=O)O)c1. The summed E-state index contributed by atoms with van der Waals surface area (Å²) < 4.78 is 28.5. The number of carbonyl (C=O) groups is 2. The number of carboxylic acids is 1. The maximum atomic E-state index is 12.2. The first-order valence-corrected chi connectivity index (χ1v) is 5.98. The molecule has 2 N–H and O–H groups in total. The van der Waals surface area contributed by atoms with E-state index in [1.54, 1.807) is 0 Å². The van der Waals surface area contributed by atoms with E-state index in [1.807, 2.05) is 0 Å². The predicted molar refractivity (Wildman–Crippen MR) is 65.3 cm³/mol. The third kappa shape index (κ3) is 4.43. The predicted octanol–water partition coefficient (Wildman–Crippen LogP) is 2.22. The van der Waals surface area contributed by atoms with Gasteiger partial charge in [0.05, 0.1) is 0 Å². The molecular weight excluding hydrogens is 298 g/mol.